The van der Waals surface area contributed by atoms with Crippen molar-refractivity contribution in [1.29, 1.82) is 0 Å². The second kappa shape index (κ2) is 3.14. The summed E-state index contributed by atoms with van der Waals surface area (Å²) in [5.74, 6) is 1.02. The molecule has 0 saturated heterocycles. The lowest BCUT2D eigenvalue weighted by molar-refractivity contribution is 0.112. The van der Waals surface area contributed by atoms with Gasteiger partial charge < -0.3 is 9.15 Å². The van der Waals surface area contributed by atoms with Crippen LogP contribution in [0.2, 0.25) is 0 Å². The molecule has 14 heavy (non-hydrogen) atoms. The average Bonchev–Trinajstić information content (AvgIpc) is 2.56. The summed E-state index contributed by atoms with van der Waals surface area (Å²) in [6.45, 7) is 1.75. The molecule has 1 aromatic carbocycles. The molecule has 0 aliphatic rings. The first-order chi connectivity index (χ1) is 6.76. The molecule has 0 amide bonds. The molecule has 0 N–H and O–H groups in total. The van der Waals surface area contributed by atoms with Crippen LogP contribution in [0.3, 0.4) is 0 Å². The number of hydrogen-bond donors (Lipinski definition) is 0. The summed E-state index contributed by atoms with van der Waals surface area (Å²) in [4.78, 5) is 14.8. The van der Waals surface area contributed by atoms with Crippen molar-refractivity contribution >= 4 is 17.4 Å². The molecule has 0 spiro atoms. The maximum Gasteiger partial charge on any atom is 0.192 e. The average molecular weight is 191 g/mol. The molecule has 4 nitrogen and oxygen atoms in total. The maximum atomic E-state index is 10.7. The van der Waals surface area contributed by atoms with Crippen LogP contribution in [-0.2, 0) is 0 Å². The lowest BCUT2D eigenvalue weighted by Gasteiger charge is -2.01. The number of oxazole rings is 1. The number of hydrogen-bond acceptors (Lipinski definition) is 4. The van der Waals surface area contributed by atoms with E-state index in [2.05, 4.69) is 4.98 Å². The molecule has 2 aromatic rings. The summed E-state index contributed by atoms with van der Waals surface area (Å²) in [5.41, 5.74) is 1.70. The number of fused-ring (bicyclic) bond motifs is 1. The van der Waals surface area contributed by atoms with Gasteiger partial charge in [0.1, 0.15) is 0 Å². The number of aldehydes is 1. The highest BCUT2D eigenvalue weighted by molar-refractivity contribution is 5.91. The zero-order valence-electron chi connectivity index (χ0n) is 7.90. The fraction of sp³-hybridized carbons (Fsp3) is 0.200. The minimum Gasteiger partial charge on any atom is -0.494 e. The number of aromatic nitrogens is 1. The molecular formula is C10H9NO3. The molecule has 0 fully saturated rings. The Hall–Kier alpha value is -1.84. The van der Waals surface area contributed by atoms with Crippen molar-refractivity contribution in [2.75, 3.05) is 7.11 Å². The minimum absolute atomic E-state index is 0.467. The first-order valence-electron chi connectivity index (χ1n) is 4.15. The number of benzene rings is 1. The van der Waals surface area contributed by atoms with Gasteiger partial charge in [0.25, 0.3) is 0 Å². The first kappa shape index (κ1) is 8.74. The predicted molar refractivity (Wildman–Crippen MR) is 50.7 cm³/mol. The Morgan fingerprint density at radius 2 is 2.29 bits per heavy atom. The Morgan fingerprint density at radius 1 is 1.50 bits per heavy atom. The van der Waals surface area contributed by atoms with Crippen molar-refractivity contribution in [1.82, 2.24) is 4.98 Å². The number of ether oxygens (including phenoxy) is 1. The third kappa shape index (κ3) is 1.16. The summed E-state index contributed by atoms with van der Waals surface area (Å²) < 4.78 is 10.4. The van der Waals surface area contributed by atoms with Gasteiger partial charge in [-0.15, -0.1) is 0 Å². The van der Waals surface area contributed by atoms with Crippen LogP contribution in [-0.4, -0.2) is 18.4 Å². The van der Waals surface area contributed by atoms with E-state index >= 15 is 0 Å². The topological polar surface area (TPSA) is 52.3 Å². The normalized spacial score (nSPS) is 10.4. The number of carbonyl (C=O) groups excluding carboxylic acids is 1. The first-order valence-corrected chi connectivity index (χ1v) is 4.15. The molecule has 1 heterocycles. The van der Waals surface area contributed by atoms with Gasteiger partial charge in [0.15, 0.2) is 29.0 Å². The van der Waals surface area contributed by atoms with Crippen LogP contribution >= 0.6 is 0 Å². The quantitative estimate of drug-likeness (QED) is 0.681. The molecule has 72 valence electrons. The number of nitrogens with zero attached hydrogens (tertiary/aromatic N) is 1. The van der Waals surface area contributed by atoms with E-state index in [4.69, 9.17) is 9.15 Å². The van der Waals surface area contributed by atoms with Crippen LogP contribution in [0.15, 0.2) is 16.5 Å². The van der Waals surface area contributed by atoms with Crippen molar-refractivity contribution in [3.05, 3.63) is 23.6 Å². The second-order valence-corrected chi connectivity index (χ2v) is 2.89. The molecule has 1 aromatic heterocycles. The van der Waals surface area contributed by atoms with Gasteiger partial charge in [0, 0.05) is 6.92 Å². The van der Waals surface area contributed by atoms with Gasteiger partial charge in [0.2, 0.25) is 0 Å². The lowest BCUT2D eigenvalue weighted by atomic mass is 10.2. The minimum atomic E-state index is 0.467. The zero-order valence-corrected chi connectivity index (χ0v) is 7.90. The second-order valence-electron chi connectivity index (χ2n) is 2.89. The van der Waals surface area contributed by atoms with E-state index in [1.807, 2.05) is 0 Å². The van der Waals surface area contributed by atoms with E-state index in [-0.39, 0.29) is 0 Å². The van der Waals surface area contributed by atoms with E-state index in [0.717, 1.165) is 6.29 Å². The van der Waals surface area contributed by atoms with Gasteiger partial charge in [-0.05, 0) is 12.1 Å². The third-order valence-electron chi connectivity index (χ3n) is 1.98. The molecule has 4 heteroatoms. The monoisotopic (exact) mass is 191 g/mol. The van der Waals surface area contributed by atoms with Crippen LogP contribution in [0.5, 0.6) is 5.75 Å². The van der Waals surface area contributed by atoms with Gasteiger partial charge in [-0.3, -0.25) is 4.79 Å². The number of carbonyl (C=O) groups is 1. The molecule has 0 aliphatic carbocycles. The Balaban J connectivity index is 2.82. The van der Waals surface area contributed by atoms with Gasteiger partial charge >= 0.3 is 0 Å². The van der Waals surface area contributed by atoms with Crippen molar-refractivity contribution in [2.24, 2.45) is 0 Å². The van der Waals surface area contributed by atoms with Crippen LogP contribution in [0.4, 0.5) is 0 Å². The Morgan fingerprint density at radius 3 is 2.93 bits per heavy atom. The summed E-state index contributed by atoms with van der Waals surface area (Å²) >= 11 is 0. The standard InChI is InChI=1S/C10H9NO3/c1-6-11-9-8(14-6)4-3-7(5-12)10(9)13-2/h3-5H,1-2H3. The van der Waals surface area contributed by atoms with Gasteiger partial charge in [-0.2, -0.15) is 0 Å². The van der Waals surface area contributed by atoms with E-state index in [1.165, 1.54) is 7.11 Å². The fourth-order valence-electron chi connectivity index (χ4n) is 1.40. The van der Waals surface area contributed by atoms with Crippen LogP contribution in [0, 0.1) is 6.92 Å². The molecule has 0 radical (unpaired) electrons. The van der Waals surface area contributed by atoms with Crippen LogP contribution < -0.4 is 4.74 Å². The van der Waals surface area contributed by atoms with Gasteiger partial charge in [-0.1, -0.05) is 0 Å². The van der Waals surface area contributed by atoms with Crippen LogP contribution in [0.25, 0.3) is 11.1 Å². The van der Waals surface area contributed by atoms with Crippen molar-refractivity contribution in [2.45, 2.75) is 6.92 Å². The van der Waals surface area contributed by atoms with Crippen molar-refractivity contribution in [3.8, 4) is 5.75 Å². The summed E-state index contributed by atoms with van der Waals surface area (Å²) in [7, 11) is 1.51. The third-order valence-corrected chi connectivity index (χ3v) is 1.98. The largest absolute Gasteiger partial charge is 0.494 e. The zero-order chi connectivity index (χ0) is 10.1. The molecule has 0 atom stereocenters. The highest BCUT2D eigenvalue weighted by Crippen LogP contribution is 2.28. The fourth-order valence-corrected chi connectivity index (χ4v) is 1.40. The van der Waals surface area contributed by atoms with Crippen LogP contribution in [0.1, 0.15) is 16.2 Å². The molecule has 0 saturated carbocycles. The molecule has 2 rings (SSSR count). The van der Waals surface area contributed by atoms with E-state index in [0.29, 0.717) is 28.3 Å². The van der Waals surface area contributed by atoms with E-state index in [1.54, 1.807) is 19.1 Å². The highest BCUT2D eigenvalue weighted by Gasteiger charge is 2.12. The lowest BCUT2D eigenvalue weighted by Crippen LogP contribution is -1.91. The maximum absolute atomic E-state index is 10.7. The van der Waals surface area contributed by atoms with E-state index in [9.17, 15) is 4.79 Å². The molecule has 0 aliphatic heterocycles. The summed E-state index contributed by atoms with van der Waals surface area (Å²) in [6, 6.07) is 3.36. The Kier molecular flexibility index (Phi) is 1.96. The van der Waals surface area contributed by atoms with Crippen molar-refractivity contribution in [3.63, 3.8) is 0 Å². The Labute approximate surface area is 80.5 Å². The SMILES string of the molecule is COc1c(C=O)ccc2oc(C)nc12. The summed E-state index contributed by atoms with van der Waals surface area (Å²) in [5, 5.41) is 0. The number of aryl methyl sites for hydroxylation is 1. The Bertz CT molecular complexity index is 487. The highest BCUT2D eigenvalue weighted by atomic mass is 16.5. The summed E-state index contributed by atoms with van der Waals surface area (Å²) in [6.07, 6.45) is 0.738. The van der Waals surface area contributed by atoms with Gasteiger partial charge in [-0.25, -0.2) is 4.98 Å². The predicted octanol–water partition coefficient (Wildman–Crippen LogP) is 1.96. The van der Waals surface area contributed by atoms with E-state index < -0.39 is 0 Å². The smallest absolute Gasteiger partial charge is 0.192 e. The number of rotatable bonds is 2. The van der Waals surface area contributed by atoms with Gasteiger partial charge in [0.05, 0.1) is 12.7 Å². The molecular weight excluding hydrogens is 182 g/mol. The van der Waals surface area contributed by atoms with Crippen molar-refractivity contribution < 1.29 is 13.9 Å². The molecule has 0 bridgehead atoms. The molecule has 0 unspecified atom stereocenters. The number of methoxy groups -OCH3 is 1.